The molecule has 1 aliphatic rings. The van der Waals surface area contributed by atoms with Crippen LogP contribution < -0.4 is 10.5 Å². The van der Waals surface area contributed by atoms with Gasteiger partial charge in [0, 0.05) is 53.4 Å². The molecule has 2 aromatic heterocycles. The second-order valence-corrected chi connectivity index (χ2v) is 10.3. The predicted molar refractivity (Wildman–Crippen MR) is 138 cm³/mol. The third-order valence-electron chi connectivity index (χ3n) is 6.33. The number of hydrogen-bond acceptors (Lipinski definition) is 5. The molecule has 180 valence electrons. The fraction of sp³-hybridized carbons (Fsp3) is 0.308. The molecule has 3 heterocycles. The minimum Gasteiger partial charge on any atom is -0.339 e. The number of piperazine rings is 1. The number of anilines is 1. The summed E-state index contributed by atoms with van der Waals surface area (Å²) in [6, 6.07) is 14.7. The number of carbonyl (C=O) groups is 1. The van der Waals surface area contributed by atoms with Crippen LogP contribution in [0, 0.1) is 0 Å². The predicted octanol–water partition coefficient (Wildman–Crippen LogP) is 4.23. The van der Waals surface area contributed by atoms with Crippen molar-refractivity contribution in [2.45, 2.75) is 26.2 Å². The molecule has 0 spiro atoms. The van der Waals surface area contributed by atoms with Crippen molar-refractivity contribution in [2.24, 2.45) is 0 Å². The molecule has 5 rings (SSSR count). The van der Waals surface area contributed by atoms with Crippen molar-refractivity contribution in [2.75, 3.05) is 31.1 Å². The van der Waals surface area contributed by atoms with Gasteiger partial charge < -0.3 is 9.80 Å². The summed E-state index contributed by atoms with van der Waals surface area (Å²) in [5, 5.41) is 8.48. The van der Waals surface area contributed by atoms with Crippen molar-refractivity contribution in [1.29, 1.82) is 0 Å². The van der Waals surface area contributed by atoms with E-state index < -0.39 is 0 Å². The average molecular weight is 491 g/mol. The molecule has 0 radical (unpaired) electrons. The van der Waals surface area contributed by atoms with Crippen molar-refractivity contribution in [3.8, 4) is 11.3 Å². The number of rotatable bonds is 3. The lowest BCUT2D eigenvalue weighted by Crippen LogP contribution is -2.49. The summed E-state index contributed by atoms with van der Waals surface area (Å²) in [5.41, 5.74) is 3.90. The molecule has 0 atom stereocenters. The normalized spacial score (nSPS) is 14.5. The molecule has 8 nitrogen and oxygen atoms in total. The summed E-state index contributed by atoms with van der Waals surface area (Å²) >= 11 is 6.00. The van der Waals surface area contributed by atoms with E-state index in [1.807, 2.05) is 34.1 Å². The van der Waals surface area contributed by atoms with Gasteiger partial charge in [0.2, 0.25) is 5.95 Å². The van der Waals surface area contributed by atoms with Crippen molar-refractivity contribution in [3.05, 3.63) is 75.2 Å². The summed E-state index contributed by atoms with van der Waals surface area (Å²) in [4.78, 5) is 36.8. The summed E-state index contributed by atoms with van der Waals surface area (Å²) in [7, 11) is 0. The van der Waals surface area contributed by atoms with Crippen LogP contribution >= 0.6 is 11.6 Å². The van der Waals surface area contributed by atoms with Crippen LogP contribution in [0.15, 0.2) is 53.3 Å². The Bertz CT molecular complexity index is 1440. The van der Waals surface area contributed by atoms with Gasteiger partial charge >= 0.3 is 0 Å². The number of hydrogen-bond donors (Lipinski definition) is 2. The summed E-state index contributed by atoms with van der Waals surface area (Å²) in [5.74, 6) is 0.498. The second kappa shape index (κ2) is 8.85. The van der Waals surface area contributed by atoms with Crippen molar-refractivity contribution in [3.63, 3.8) is 0 Å². The lowest BCUT2D eigenvalue weighted by atomic mass is 9.92. The SMILES string of the molecule is CC(C)(C)c1cc(-c2ccc(C(=O)N3CCN(c4nc5ccc(Cl)cc5c(=O)[nH]4)CC3)cc2)n[nH]1. The number of nitrogens with one attached hydrogen (secondary N) is 2. The number of halogens is 1. The van der Waals surface area contributed by atoms with Gasteiger partial charge in [0.15, 0.2) is 0 Å². The smallest absolute Gasteiger partial charge is 0.260 e. The van der Waals surface area contributed by atoms with Gasteiger partial charge in [-0.05, 0) is 36.4 Å². The number of fused-ring (bicyclic) bond motifs is 1. The maximum atomic E-state index is 13.1. The second-order valence-electron chi connectivity index (χ2n) is 9.82. The molecule has 4 aromatic rings. The molecule has 1 saturated heterocycles. The molecule has 2 aromatic carbocycles. The van der Waals surface area contributed by atoms with E-state index in [0.717, 1.165) is 17.0 Å². The molecule has 0 aliphatic carbocycles. The third kappa shape index (κ3) is 4.66. The first-order valence-electron chi connectivity index (χ1n) is 11.6. The Morgan fingerprint density at radius 2 is 1.71 bits per heavy atom. The van der Waals surface area contributed by atoms with Gasteiger partial charge in [0.05, 0.1) is 16.6 Å². The van der Waals surface area contributed by atoms with Gasteiger partial charge in [-0.3, -0.25) is 19.7 Å². The number of nitrogens with zero attached hydrogens (tertiary/aromatic N) is 4. The number of benzene rings is 2. The van der Waals surface area contributed by atoms with E-state index in [0.29, 0.717) is 53.6 Å². The number of aromatic amines is 2. The van der Waals surface area contributed by atoms with E-state index >= 15 is 0 Å². The summed E-state index contributed by atoms with van der Waals surface area (Å²) < 4.78 is 0. The van der Waals surface area contributed by atoms with Crippen LogP contribution in [0.2, 0.25) is 5.02 Å². The molecular formula is C26H27ClN6O2. The highest BCUT2D eigenvalue weighted by Gasteiger charge is 2.24. The van der Waals surface area contributed by atoms with Gasteiger partial charge in [-0.2, -0.15) is 5.10 Å². The van der Waals surface area contributed by atoms with Crippen LogP contribution in [-0.4, -0.2) is 57.2 Å². The van der Waals surface area contributed by atoms with E-state index in [-0.39, 0.29) is 16.9 Å². The monoisotopic (exact) mass is 490 g/mol. The maximum Gasteiger partial charge on any atom is 0.260 e. The fourth-order valence-electron chi connectivity index (χ4n) is 4.19. The topological polar surface area (TPSA) is 98.0 Å². The van der Waals surface area contributed by atoms with Crippen LogP contribution in [0.5, 0.6) is 0 Å². The van der Waals surface area contributed by atoms with Gasteiger partial charge in [0.25, 0.3) is 11.5 Å². The highest BCUT2D eigenvalue weighted by Crippen LogP contribution is 2.26. The van der Waals surface area contributed by atoms with E-state index in [1.54, 1.807) is 18.2 Å². The minimum absolute atomic E-state index is 0.00753. The lowest BCUT2D eigenvalue weighted by Gasteiger charge is -2.35. The van der Waals surface area contributed by atoms with Crippen LogP contribution in [0.25, 0.3) is 22.2 Å². The average Bonchev–Trinajstić information content (AvgIpc) is 3.35. The van der Waals surface area contributed by atoms with Crippen LogP contribution in [-0.2, 0) is 5.41 Å². The number of carbonyl (C=O) groups excluding carboxylic acids is 1. The van der Waals surface area contributed by atoms with E-state index in [2.05, 4.69) is 47.0 Å². The first kappa shape index (κ1) is 23.1. The Kier molecular flexibility index (Phi) is 5.84. The van der Waals surface area contributed by atoms with E-state index in [9.17, 15) is 9.59 Å². The fourth-order valence-corrected chi connectivity index (χ4v) is 4.36. The summed E-state index contributed by atoms with van der Waals surface area (Å²) in [6.07, 6.45) is 0. The molecule has 1 aliphatic heterocycles. The Balaban J connectivity index is 1.25. The first-order valence-corrected chi connectivity index (χ1v) is 12.0. The lowest BCUT2D eigenvalue weighted by molar-refractivity contribution is 0.0746. The number of aromatic nitrogens is 4. The molecule has 0 unspecified atom stereocenters. The Morgan fingerprint density at radius 1 is 1.00 bits per heavy atom. The van der Waals surface area contributed by atoms with Crippen LogP contribution in [0.3, 0.4) is 0 Å². The maximum absolute atomic E-state index is 13.1. The molecule has 1 fully saturated rings. The quantitative estimate of drug-likeness (QED) is 0.448. The third-order valence-corrected chi connectivity index (χ3v) is 6.57. The van der Waals surface area contributed by atoms with Crippen molar-refractivity contribution < 1.29 is 4.79 Å². The largest absolute Gasteiger partial charge is 0.339 e. The zero-order valence-corrected chi connectivity index (χ0v) is 20.7. The molecular weight excluding hydrogens is 464 g/mol. The highest BCUT2D eigenvalue weighted by molar-refractivity contribution is 6.31. The Morgan fingerprint density at radius 3 is 2.37 bits per heavy atom. The Labute approximate surface area is 207 Å². The molecule has 35 heavy (non-hydrogen) atoms. The Hall–Kier alpha value is -3.65. The standard InChI is InChI=1S/C26H27ClN6O2/c1-26(2,3)22-15-21(30-31-22)16-4-6-17(7-5-16)24(35)32-10-12-33(13-11-32)25-28-20-9-8-18(27)14-19(20)23(34)29-25/h4-9,14-15H,10-13H2,1-3H3,(H,30,31)(H,28,29,34). The van der Waals surface area contributed by atoms with Crippen molar-refractivity contribution >= 4 is 34.4 Å². The highest BCUT2D eigenvalue weighted by atomic mass is 35.5. The minimum atomic E-state index is -0.224. The van der Waals surface area contributed by atoms with Crippen molar-refractivity contribution in [1.82, 2.24) is 25.1 Å². The molecule has 1 amide bonds. The first-order chi connectivity index (χ1) is 16.7. The van der Waals surface area contributed by atoms with Crippen LogP contribution in [0.1, 0.15) is 36.8 Å². The number of amides is 1. The van der Waals surface area contributed by atoms with Gasteiger partial charge in [0.1, 0.15) is 0 Å². The number of H-pyrrole nitrogens is 2. The molecule has 2 N–H and O–H groups in total. The zero-order chi connectivity index (χ0) is 24.7. The molecule has 0 bridgehead atoms. The van der Waals surface area contributed by atoms with Gasteiger partial charge in [-0.15, -0.1) is 0 Å². The van der Waals surface area contributed by atoms with E-state index in [1.165, 1.54) is 0 Å². The van der Waals surface area contributed by atoms with Crippen LogP contribution in [0.4, 0.5) is 5.95 Å². The van der Waals surface area contributed by atoms with Gasteiger partial charge in [-0.25, -0.2) is 4.98 Å². The zero-order valence-electron chi connectivity index (χ0n) is 19.9. The molecule has 0 saturated carbocycles. The van der Waals surface area contributed by atoms with E-state index in [4.69, 9.17) is 11.6 Å². The summed E-state index contributed by atoms with van der Waals surface area (Å²) in [6.45, 7) is 8.64. The van der Waals surface area contributed by atoms with Gasteiger partial charge in [-0.1, -0.05) is 44.5 Å². The molecule has 9 heteroatoms.